The molecule has 158 valence electrons. The fourth-order valence-corrected chi connectivity index (χ4v) is 3.99. The molecule has 0 spiro atoms. The van der Waals surface area contributed by atoms with Gasteiger partial charge in [-0.05, 0) is 35.4 Å². The molecule has 4 rings (SSSR count). The molecular weight excluding hydrogens is 393 g/mol. The molecule has 0 bridgehead atoms. The smallest absolute Gasteiger partial charge is 0.315 e. The standard InChI is InChI=1S/C25H24FN3O2/c1-2-28(17-19-10-9-15-22(26)16-19)18-29-23(30)25(27-24(29)31,20-11-5-3-6-12-20)21-13-7-4-8-14-21/h3-16H,2,17-18H2,1H3,(H,27,31). The number of nitrogens with zero attached hydrogens (tertiary/aromatic N) is 2. The SMILES string of the molecule is CCN(Cc1cccc(F)c1)CN1C(=O)NC(c2ccccc2)(c2ccccc2)C1=O. The number of carbonyl (C=O) groups is 2. The molecule has 5 nitrogen and oxygen atoms in total. The van der Waals surface area contributed by atoms with Gasteiger partial charge in [0.1, 0.15) is 5.82 Å². The zero-order chi connectivity index (χ0) is 21.8. The third-order valence-corrected chi connectivity index (χ3v) is 5.60. The number of rotatable bonds is 7. The van der Waals surface area contributed by atoms with Crippen molar-refractivity contribution in [1.29, 1.82) is 0 Å². The summed E-state index contributed by atoms with van der Waals surface area (Å²) < 4.78 is 13.6. The summed E-state index contributed by atoms with van der Waals surface area (Å²) in [6, 6.07) is 24.4. The highest BCUT2D eigenvalue weighted by molar-refractivity contribution is 6.09. The normalized spacial score (nSPS) is 15.4. The van der Waals surface area contributed by atoms with E-state index >= 15 is 0 Å². The lowest BCUT2D eigenvalue weighted by atomic mass is 9.83. The third kappa shape index (κ3) is 3.94. The predicted molar refractivity (Wildman–Crippen MR) is 116 cm³/mol. The maximum absolute atomic E-state index is 13.8. The van der Waals surface area contributed by atoms with Crippen LogP contribution in [-0.4, -0.2) is 35.0 Å². The Hall–Kier alpha value is -3.51. The minimum atomic E-state index is -1.28. The van der Waals surface area contributed by atoms with Crippen LogP contribution in [-0.2, 0) is 16.9 Å². The van der Waals surface area contributed by atoms with Gasteiger partial charge in [0.2, 0.25) is 0 Å². The van der Waals surface area contributed by atoms with Gasteiger partial charge in [-0.15, -0.1) is 0 Å². The van der Waals surface area contributed by atoms with Gasteiger partial charge in [0, 0.05) is 6.54 Å². The molecule has 1 aliphatic rings. The van der Waals surface area contributed by atoms with Crippen LogP contribution < -0.4 is 5.32 Å². The average molecular weight is 417 g/mol. The first kappa shape index (κ1) is 20.8. The van der Waals surface area contributed by atoms with Gasteiger partial charge in [0.15, 0.2) is 5.54 Å². The largest absolute Gasteiger partial charge is 0.326 e. The van der Waals surface area contributed by atoms with Crippen molar-refractivity contribution in [2.45, 2.75) is 19.0 Å². The van der Waals surface area contributed by atoms with Gasteiger partial charge in [0.25, 0.3) is 5.91 Å². The van der Waals surface area contributed by atoms with Crippen molar-refractivity contribution < 1.29 is 14.0 Å². The number of imide groups is 1. The highest BCUT2D eigenvalue weighted by Gasteiger charge is 2.53. The Morgan fingerprint density at radius 1 is 0.903 bits per heavy atom. The van der Waals surface area contributed by atoms with E-state index in [9.17, 15) is 14.0 Å². The van der Waals surface area contributed by atoms with Gasteiger partial charge in [-0.25, -0.2) is 14.1 Å². The molecule has 0 unspecified atom stereocenters. The summed E-state index contributed by atoms with van der Waals surface area (Å²) in [6.07, 6.45) is 0. The van der Waals surface area contributed by atoms with Crippen LogP contribution in [0.5, 0.6) is 0 Å². The average Bonchev–Trinajstić information content (AvgIpc) is 3.05. The molecular formula is C25H24FN3O2. The summed E-state index contributed by atoms with van der Waals surface area (Å²) in [4.78, 5) is 29.9. The van der Waals surface area contributed by atoms with Crippen molar-refractivity contribution in [2.24, 2.45) is 0 Å². The van der Waals surface area contributed by atoms with Crippen molar-refractivity contribution >= 4 is 11.9 Å². The number of halogens is 1. The Labute approximate surface area is 181 Å². The van der Waals surface area contributed by atoms with E-state index in [0.717, 1.165) is 5.56 Å². The molecule has 3 aromatic rings. The topological polar surface area (TPSA) is 52.6 Å². The number of nitrogens with one attached hydrogen (secondary N) is 1. The summed E-state index contributed by atoms with van der Waals surface area (Å²) in [5.41, 5.74) is 0.912. The number of hydrogen-bond donors (Lipinski definition) is 1. The summed E-state index contributed by atoms with van der Waals surface area (Å²) in [5.74, 6) is -0.636. The van der Waals surface area contributed by atoms with Crippen LogP contribution in [0.4, 0.5) is 9.18 Å². The number of hydrogen-bond acceptors (Lipinski definition) is 3. The molecule has 0 radical (unpaired) electrons. The second-order valence-electron chi connectivity index (χ2n) is 7.56. The minimum Gasteiger partial charge on any atom is -0.315 e. The lowest BCUT2D eigenvalue weighted by Gasteiger charge is -2.29. The van der Waals surface area contributed by atoms with E-state index in [2.05, 4.69) is 5.32 Å². The lowest BCUT2D eigenvalue weighted by Crippen LogP contribution is -2.46. The summed E-state index contributed by atoms with van der Waals surface area (Å²) in [6.45, 7) is 3.07. The molecule has 0 aromatic heterocycles. The quantitative estimate of drug-likeness (QED) is 0.589. The van der Waals surface area contributed by atoms with E-state index in [-0.39, 0.29) is 18.4 Å². The molecule has 3 amide bonds. The predicted octanol–water partition coefficient (Wildman–Crippen LogP) is 4.10. The van der Waals surface area contributed by atoms with E-state index in [1.54, 1.807) is 6.07 Å². The van der Waals surface area contributed by atoms with Crippen LogP contribution >= 0.6 is 0 Å². The summed E-state index contributed by atoms with van der Waals surface area (Å²) in [5, 5.41) is 2.95. The maximum atomic E-state index is 13.8. The molecule has 3 aromatic carbocycles. The Morgan fingerprint density at radius 3 is 2.06 bits per heavy atom. The second kappa shape index (κ2) is 8.70. The molecule has 0 saturated carbocycles. The molecule has 0 aliphatic carbocycles. The number of amides is 3. The van der Waals surface area contributed by atoms with Crippen LogP contribution in [0.15, 0.2) is 84.9 Å². The fraction of sp³-hybridized carbons (Fsp3) is 0.200. The zero-order valence-corrected chi connectivity index (χ0v) is 17.3. The molecule has 31 heavy (non-hydrogen) atoms. The van der Waals surface area contributed by atoms with Crippen LogP contribution in [0.2, 0.25) is 0 Å². The van der Waals surface area contributed by atoms with Crippen LogP contribution in [0, 0.1) is 5.82 Å². The van der Waals surface area contributed by atoms with E-state index < -0.39 is 11.6 Å². The van der Waals surface area contributed by atoms with Gasteiger partial charge in [-0.2, -0.15) is 0 Å². The third-order valence-electron chi connectivity index (χ3n) is 5.60. The molecule has 1 aliphatic heterocycles. The molecule has 6 heteroatoms. The number of benzene rings is 3. The highest BCUT2D eigenvalue weighted by atomic mass is 19.1. The van der Waals surface area contributed by atoms with Crippen molar-refractivity contribution in [2.75, 3.05) is 13.2 Å². The Balaban J connectivity index is 1.66. The van der Waals surface area contributed by atoms with Crippen LogP contribution in [0.1, 0.15) is 23.6 Å². The molecule has 1 heterocycles. The summed E-state index contributed by atoms with van der Waals surface area (Å²) >= 11 is 0. The second-order valence-corrected chi connectivity index (χ2v) is 7.56. The van der Waals surface area contributed by atoms with Crippen molar-refractivity contribution in [3.05, 3.63) is 107 Å². The van der Waals surface area contributed by atoms with Gasteiger partial charge < -0.3 is 5.32 Å². The Bertz CT molecular complexity index is 1030. The number of carbonyl (C=O) groups excluding carboxylic acids is 2. The summed E-state index contributed by atoms with van der Waals surface area (Å²) in [7, 11) is 0. The number of urea groups is 1. The first-order valence-electron chi connectivity index (χ1n) is 10.3. The first-order chi connectivity index (χ1) is 15.0. The molecule has 0 atom stereocenters. The zero-order valence-electron chi connectivity index (χ0n) is 17.3. The van der Waals surface area contributed by atoms with Gasteiger partial charge >= 0.3 is 6.03 Å². The van der Waals surface area contributed by atoms with Gasteiger partial charge in [-0.1, -0.05) is 79.7 Å². The molecule has 1 saturated heterocycles. The van der Waals surface area contributed by atoms with Crippen molar-refractivity contribution in [3.8, 4) is 0 Å². The maximum Gasteiger partial charge on any atom is 0.326 e. The van der Waals surface area contributed by atoms with Crippen LogP contribution in [0.25, 0.3) is 0 Å². The van der Waals surface area contributed by atoms with E-state index in [0.29, 0.717) is 24.2 Å². The van der Waals surface area contributed by atoms with Gasteiger partial charge in [-0.3, -0.25) is 9.69 Å². The fourth-order valence-electron chi connectivity index (χ4n) is 3.99. The lowest BCUT2D eigenvalue weighted by molar-refractivity contribution is -0.131. The van der Waals surface area contributed by atoms with E-state index in [4.69, 9.17) is 0 Å². The Morgan fingerprint density at radius 2 is 1.52 bits per heavy atom. The first-order valence-corrected chi connectivity index (χ1v) is 10.3. The van der Waals surface area contributed by atoms with Crippen molar-refractivity contribution in [1.82, 2.24) is 15.1 Å². The minimum absolute atomic E-state index is 0.110. The van der Waals surface area contributed by atoms with E-state index in [1.165, 1.54) is 17.0 Å². The Kier molecular flexibility index (Phi) is 5.82. The molecule has 1 N–H and O–H groups in total. The van der Waals surface area contributed by atoms with E-state index in [1.807, 2.05) is 78.6 Å². The monoisotopic (exact) mass is 417 g/mol. The molecule has 1 fully saturated rings. The van der Waals surface area contributed by atoms with Crippen molar-refractivity contribution in [3.63, 3.8) is 0 Å². The highest BCUT2D eigenvalue weighted by Crippen LogP contribution is 2.36. The van der Waals surface area contributed by atoms with Crippen LogP contribution in [0.3, 0.4) is 0 Å². The van der Waals surface area contributed by atoms with Gasteiger partial charge in [0.05, 0.1) is 6.67 Å².